The summed E-state index contributed by atoms with van der Waals surface area (Å²) < 4.78 is 37.0. The van der Waals surface area contributed by atoms with E-state index in [0.29, 0.717) is 16.1 Å². The van der Waals surface area contributed by atoms with Crippen LogP contribution in [0.15, 0.2) is 36.5 Å². The van der Waals surface area contributed by atoms with Gasteiger partial charge < -0.3 is 5.11 Å². The Hall–Kier alpha value is -1.75. The smallest absolute Gasteiger partial charge is 0.433 e. The first-order chi connectivity index (χ1) is 8.38. The minimum absolute atomic E-state index is 0.0686. The molecule has 0 saturated heterocycles. The topological polar surface area (TPSA) is 33.1 Å². The predicted molar refractivity (Wildman–Crippen MR) is 61.3 cm³/mol. The second-order valence-electron chi connectivity index (χ2n) is 3.59. The lowest BCUT2D eigenvalue weighted by molar-refractivity contribution is -0.141. The Morgan fingerprint density at radius 2 is 1.83 bits per heavy atom. The second-order valence-corrected chi connectivity index (χ2v) is 4.03. The zero-order valence-corrected chi connectivity index (χ0v) is 9.63. The van der Waals surface area contributed by atoms with Crippen LogP contribution >= 0.6 is 11.6 Å². The largest absolute Gasteiger partial charge is 0.507 e. The van der Waals surface area contributed by atoms with Crippen LogP contribution < -0.4 is 0 Å². The summed E-state index contributed by atoms with van der Waals surface area (Å²) in [6.45, 7) is 0. The van der Waals surface area contributed by atoms with E-state index < -0.39 is 11.9 Å². The molecule has 0 aliphatic rings. The van der Waals surface area contributed by atoms with E-state index in [-0.39, 0.29) is 5.75 Å². The summed E-state index contributed by atoms with van der Waals surface area (Å²) in [5.41, 5.74) is -0.278. The highest BCUT2D eigenvalue weighted by molar-refractivity contribution is 6.30. The van der Waals surface area contributed by atoms with Crippen LogP contribution in [0.25, 0.3) is 11.1 Å². The lowest BCUT2D eigenvalue weighted by atomic mass is 10.1. The van der Waals surface area contributed by atoms with Crippen molar-refractivity contribution in [2.75, 3.05) is 0 Å². The molecule has 1 aromatic carbocycles. The van der Waals surface area contributed by atoms with Gasteiger partial charge in [0.05, 0.1) is 0 Å². The first-order valence-corrected chi connectivity index (χ1v) is 5.28. The predicted octanol–water partition coefficient (Wildman–Crippen LogP) is 4.13. The van der Waals surface area contributed by atoms with Gasteiger partial charge in [-0.05, 0) is 24.3 Å². The molecule has 6 heteroatoms. The normalized spacial score (nSPS) is 11.6. The number of phenolic OH excluding ortho intramolecular Hbond substituents is 1. The van der Waals surface area contributed by atoms with Gasteiger partial charge in [0.15, 0.2) is 0 Å². The number of pyridine rings is 1. The monoisotopic (exact) mass is 273 g/mol. The molecule has 0 spiro atoms. The number of rotatable bonds is 1. The Labute approximate surface area is 106 Å². The maximum absolute atomic E-state index is 12.3. The Kier molecular flexibility index (Phi) is 3.17. The van der Waals surface area contributed by atoms with Crippen LogP contribution in [0, 0.1) is 0 Å². The van der Waals surface area contributed by atoms with E-state index in [1.54, 1.807) is 0 Å². The van der Waals surface area contributed by atoms with Gasteiger partial charge in [0.2, 0.25) is 0 Å². The number of benzene rings is 1. The SMILES string of the molecule is Oc1ccc(Cl)cc1-c1ccc(C(F)(F)F)nc1. The fraction of sp³-hybridized carbons (Fsp3) is 0.0833. The third-order valence-electron chi connectivity index (χ3n) is 2.32. The summed E-state index contributed by atoms with van der Waals surface area (Å²) in [5, 5.41) is 9.99. The van der Waals surface area contributed by atoms with Crippen molar-refractivity contribution in [3.8, 4) is 16.9 Å². The number of nitrogens with zero attached hydrogens (tertiary/aromatic N) is 1. The molecule has 0 aliphatic heterocycles. The van der Waals surface area contributed by atoms with Gasteiger partial charge in [0.1, 0.15) is 11.4 Å². The highest BCUT2D eigenvalue weighted by Crippen LogP contribution is 2.33. The summed E-state index contributed by atoms with van der Waals surface area (Å²) in [6, 6.07) is 6.41. The summed E-state index contributed by atoms with van der Waals surface area (Å²) in [5.74, 6) is -0.0686. The van der Waals surface area contributed by atoms with Crippen molar-refractivity contribution in [2.24, 2.45) is 0 Å². The standard InChI is InChI=1S/C12H7ClF3NO/c13-8-2-3-10(18)9(5-8)7-1-4-11(17-6-7)12(14,15)16/h1-6,18H. The van der Waals surface area contributed by atoms with Gasteiger partial charge in [-0.25, -0.2) is 0 Å². The van der Waals surface area contributed by atoms with Crippen LogP contribution in [-0.4, -0.2) is 10.1 Å². The zero-order chi connectivity index (χ0) is 13.3. The van der Waals surface area contributed by atoms with E-state index >= 15 is 0 Å². The van der Waals surface area contributed by atoms with E-state index in [1.165, 1.54) is 24.3 Å². The van der Waals surface area contributed by atoms with E-state index in [1.807, 2.05) is 0 Å². The average molecular weight is 274 g/mol. The quantitative estimate of drug-likeness (QED) is 0.847. The number of aromatic hydroxyl groups is 1. The summed E-state index contributed by atoms with van der Waals surface area (Å²) in [7, 11) is 0. The Morgan fingerprint density at radius 3 is 2.39 bits per heavy atom. The van der Waals surface area contributed by atoms with Gasteiger partial charge in [-0.2, -0.15) is 13.2 Å². The molecule has 0 atom stereocenters. The van der Waals surface area contributed by atoms with Crippen molar-refractivity contribution in [1.29, 1.82) is 0 Å². The van der Waals surface area contributed by atoms with Crippen LogP contribution in [0.2, 0.25) is 5.02 Å². The number of phenols is 1. The van der Waals surface area contributed by atoms with Gasteiger partial charge >= 0.3 is 6.18 Å². The Morgan fingerprint density at radius 1 is 1.11 bits per heavy atom. The maximum atomic E-state index is 12.3. The van der Waals surface area contributed by atoms with E-state index in [2.05, 4.69) is 4.98 Å². The molecule has 18 heavy (non-hydrogen) atoms. The molecule has 0 amide bonds. The van der Waals surface area contributed by atoms with Crippen molar-refractivity contribution >= 4 is 11.6 Å². The van der Waals surface area contributed by atoms with Crippen molar-refractivity contribution in [2.45, 2.75) is 6.18 Å². The summed E-state index contributed by atoms with van der Waals surface area (Å²) in [4.78, 5) is 3.32. The molecule has 94 valence electrons. The molecule has 2 aromatic rings. The van der Waals surface area contributed by atoms with Crippen molar-refractivity contribution in [1.82, 2.24) is 4.98 Å². The molecular formula is C12H7ClF3NO. The minimum Gasteiger partial charge on any atom is -0.507 e. The number of hydrogen-bond donors (Lipinski definition) is 1. The molecule has 0 aliphatic carbocycles. The fourth-order valence-electron chi connectivity index (χ4n) is 1.46. The van der Waals surface area contributed by atoms with Crippen LogP contribution in [0.5, 0.6) is 5.75 Å². The highest BCUT2D eigenvalue weighted by atomic mass is 35.5. The van der Waals surface area contributed by atoms with Gasteiger partial charge in [0, 0.05) is 22.3 Å². The summed E-state index contributed by atoms with van der Waals surface area (Å²) >= 11 is 5.76. The van der Waals surface area contributed by atoms with Gasteiger partial charge in [-0.3, -0.25) is 4.98 Å². The number of aromatic nitrogens is 1. The Bertz CT molecular complexity index is 567. The zero-order valence-electron chi connectivity index (χ0n) is 8.87. The molecule has 0 unspecified atom stereocenters. The molecule has 1 aromatic heterocycles. The highest BCUT2D eigenvalue weighted by Gasteiger charge is 2.32. The van der Waals surface area contributed by atoms with Crippen molar-refractivity contribution in [3.63, 3.8) is 0 Å². The fourth-order valence-corrected chi connectivity index (χ4v) is 1.63. The Balaban J connectivity index is 2.43. The molecule has 0 radical (unpaired) electrons. The number of halogens is 4. The van der Waals surface area contributed by atoms with Crippen LogP contribution in [0.4, 0.5) is 13.2 Å². The first kappa shape index (κ1) is 12.7. The van der Waals surface area contributed by atoms with Crippen LogP contribution in [-0.2, 0) is 6.18 Å². The van der Waals surface area contributed by atoms with E-state index in [4.69, 9.17) is 11.6 Å². The lowest BCUT2D eigenvalue weighted by Crippen LogP contribution is -2.07. The lowest BCUT2D eigenvalue weighted by Gasteiger charge is -2.08. The van der Waals surface area contributed by atoms with Crippen molar-refractivity contribution < 1.29 is 18.3 Å². The molecule has 0 fully saturated rings. The molecular weight excluding hydrogens is 267 g/mol. The van der Waals surface area contributed by atoms with Crippen LogP contribution in [0.1, 0.15) is 5.69 Å². The molecule has 0 bridgehead atoms. The summed E-state index contributed by atoms with van der Waals surface area (Å²) in [6.07, 6.45) is -3.43. The van der Waals surface area contributed by atoms with Gasteiger partial charge in [0.25, 0.3) is 0 Å². The van der Waals surface area contributed by atoms with Gasteiger partial charge in [-0.1, -0.05) is 17.7 Å². The first-order valence-electron chi connectivity index (χ1n) is 4.90. The minimum atomic E-state index is -4.48. The van der Waals surface area contributed by atoms with Crippen LogP contribution in [0.3, 0.4) is 0 Å². The third kappa shape index (κ3) is 2.56. The average Bonchev–Trinajstić information content (AvgIpc) is 2.31. The molecule has 1 N–H and O–H groups in total. The third-order valence-corrected chi connectivity index (χ3v) is 2.56. The molecule has 2 nitrogen and oxygen atoms in total. The van der Waals surface area contributed by atoms with Crippen molar-refractivity contribution in [3.05, 3.63) is 47.2 Å². The maximum Gasteiger partial charge on any atom is 0.433 e. The molecule has 2 rings (SSSR count). The molecule has 1 heterocycles. The van der Waals surface area contributed by atoms with E-state index in [9.17, 15) is 18.3 Å². The number of alkyl halides is 3. The number of hydrogen-bond acceptors (Lipinski definition) is 2. The van der Waals surface area contributed by atoms with Gasteiger partial charge in [-0.15, -0.1) is 0 Å². The van der Waals surface area contributed by atoms with E-state index in [0.717, 1.165) is 12.3 Å². The second kappa shape index (κ2) is 4.49. The molecule has 0 saturated carbocycles.